The van der Waals surface area contributed by atoms with Crippen LogP contribution in [0.2, 0.25) is 0 Å². The molecular weight excluding hydrogens is 159 g/mol. The summed E-state index contributed by atoms with van der Waals surface area (Å²) in [5.74, 6) is 1.16. The number of likely N-dealkylation sites (tertiary alicyclic amines) is 2. The van der Waals surface area contributed by atoms with Gasteiger partial charge < -0.3 is 9.38 Å². The highest BCUT2D eigenvalue weighted by Gasteiger charge is 2.38. The van der Waals surface area contributed by atoms with Gasteiger partial charge in [0.1, 0.15) is 7.85 Å². The minimum absolute atomic E-state index is 0.278. The molecule has 0 aromatic rings. The smallest absolute Gasteiger partial charge is 0.119 e. The van der Waals surface area contributed by atoms with Gasteiger partial charge in [0.2, 0.25) is 0 Å². The van der Waals surface area contributed by atoms with Gasteiger partial charge in [-0.2, -0.15) is 0 Å². The summed E-state index contributed by atoms with van der Waals surface area (Å²) in [7, 11) is 4.10. The molecule has 0 aromatic heterocycles. The van der Waals surface area contributed by atoms with Crippen molar-refractivity contribution in [3.63, 3.8) is 0 Å². The Balaban J connectivity index is 2.10. The fraction of sp³-hybridized carbons (Fsp3) is 1.00. The molecule has 0 N–H and O–H groups in total. The topological polar surface area (TPSA) is 3.24 Å². The van der Waals surface area contributed by atoms with Crippen molar-refractivity contribution < 1.29 is 8.60 Å². The maximum Gasteiger partial charge on any atom is 0.119 e. The Morgan fingerprint density at radius 2 is 2.08 bits per heavy atom. The second kappa shape index (κ2) is 3.28. The van der Waals surface area contributed by atoms with Gasteiger partial charge in [-0.15, -0.1) is 0 Å². The Labute approximate surface area is 87.1 Å². The molecule has 2 fully saturated rings. The van der Waals surface area contributed by atoms with Gasteiger partial charge in [-0.05, 0) is 12.9 Å². The van der Waals surface area contributed by atoms with E-state index in [0.29, 0.717) is 11.8 Å². The first-order chi connectivity index (χ1) is 7.34. The highest BCUT2D eigenvalue weighted by Crippen LogP contribution is 2.30. The molecule has 3 heteroatoms. The first-order valence-corrected chi connectivity index (χ1v) is 5.41. The molecule has 2 bridgehead atoms. The van der Waals surface area contributed by atoms with Crippen LogP contribution in [0, 0.1) is 11.8 Å². The van der Waals surface area contributed by atoms with Crippen LogP contribution in [0.4, 0.5) is 0 Å². The standard InChI is InChI=1S/C10H22BN2/c1-13(2)6-9-3-10(7-13)5-12(4-9)8-11/h9-10H,3-8,11H2,1-2H3/q+1/i1T3. The molecule has 2 saturated heterocycles. The maximum absolute atomic E-state index is 7.69. The largest absolute Gasteiger partial charge is 0.328 e. The Kier molecular flexibility index (Phi) is 1.63. The fourth-order valence-corrected chi connectivity index (χ4v) is 3.16. The Morgan fingerprint density at radius 3 is 2.54 bits per heavy atom. The van der Waals surface area contributed by atoms with E-state index in [4.69, 9.17) is 4.11 Å². The Bertz CT molecular complexity index is 255. The van der Waals surface area contributed by atoms with E-state index in [2.05, 4.69) is 12.7 Å². The summed E-state index contributed by atoms with van der Waals surface area (Å²) in [5.41, 5.74) is 0. The van der Waals surface area contributed by atoms with Crippen LogP contribution in [-0.4, -0.2) is 63.9 Å². The van der Waals surface area contributed by atoms with E-state index < -0.39 is 6.98 Å². The Hall–Kier alpha value is -0.0151. The summed E-state index contributed by atoms with van der Waals surface area (Å²) in [6, 6.07) is 0. The summed E-state index contributed by atoms with van der Waals surface area (Å²) >= 11 is 0. The molecule has 0 aliphatic carbocycles. The van der Waals surface area contributed by atoms with Gasteiger partial charge in [-0.3, -0.25) is 0 Å². The second-order valence-electron chi connectivity index (χ2n) is 5.08. The molecule has 0 saturated carbocycles. The van der Waals surface area contributed by atoms with Crippen molar-refractivity contribution in [2.75, 3.05) is 46.6 Å². The van der Waals surface area contributed by atoms with Gasteiger partial charge in [0, 0.05) is 24.9 Å². The van der Waals surface area contributed by atoms with E-state index in [0.717, 1.165) is 32.6 Å². The molecule has 2 unspecified atom stereocenters. The molecule has 0 spiro atoms. The lowest BCUT2D eigenvalue weighted by Gasteiger charge is -2.48. The van der Waals surface area contributed by atoms with Crippen molar-refractivity contribution >= 4 is 7.85 Å². The van der Waals surface area contributed by atoms with E-state index in [-0.39, 0.29) is 4.48 Å². The third-order valence-electron chi connectivity index (χ3n) is 3.47. The van der Waals surface area contributed by atoms with E-state index in [1.54, 1.807) is 0 Å². The second-order valence-corrected chi connectivity index (χ2v) is 5.08. The number of hydrogen-bond donors (Lipinski definition) is 0. The zero-order valence-corrected chi connectivity index (χ0v) is 8.79. The molecule has 2 aliphatic heterocycles. The van der Waals surface area contributed by atoms with Gasteiger partial charge in [-0.25, -0.2) is 0 Å². The Morgan fingerprint density at radius 1 is 1.46 bits per heavy atom. The van der Waals surface area contributed by atoms with Gasteiger partial charge >= 0.3 is 0 Å². The average Bonchev–Trinajstić information content (AvgIpc) is 2.14. The fourth-order valence-electron chi connectivity index (χ4n) is 3.16. The molecule has 74 valence electrons. The van der Waals surface area contributed by atoms with Crippen LogP contribution >= 0.6 is 0 Å². The third kappa shape index (κ3) is 2.08. The number of hydrogen-bond acceptors (Lipinski definition) is 1. The van der Waals surface area contributed by atoms with Gasteiger partial charge in [0.25, 0.3) is 0 Å². The summed E-state index contributed by atoms with van der Waals surface area (Å²) in [4.78, 5) is 2.47. The van der Waals surface area contributed by atoms with Gasteiger partial charge in [-0.1, -0.05) is 0 Å². The molecule has 13 heavy (non-hydrogen) atoms. The van der Waals surface area contributed by atoms with Crippen LogP contribution in [0.1, 0.15) is 10.5 Å². The molecule has 2 atom stereocenters. The van der Waals surface area contributed by atoms with Crippen molar-refractivity contribution in [3.8, 4) is 0 Å². The van der Waals surface area contributed by atoms with E-state index in [1.807, 2.05) is 7.05 Å². The van der Waals surface area contributed by atoms with Crippen LogP contribution in [-0.2, 0) is 0 Å². The van der Waals surface area contributed by atoms with Crippen molar-refractivity contribution in [3.05, 3.63) is 0 Å². The first-order valence-electron chi connectivity index (χ1n) is 6.91. The van der Waals surface area contributed by atoms with Crippen LogP contribution in [0.25, 0.3) is 0 Å². The molecule has 2 heterocycles. The van der Waals surface area contributed by atoms with Crippen molar-refractivity contribution in [2.45, 2.75) is 6.42 Å². The van der Waals surface area contributed by atoms with Crippen molar-refractivity contribution in [1.82, 2.24) is 4.90 Å². The van der Waals surface area contributed by atoms with Gasteiger partial charge in [0.05, 0.1) is 31.2 Å². The lowest BCUT2D eigenvalue weighted by Crippen LogP contribution is -2.58. The number of piperidine rings is 2. The van der Waals surface area contributed by atoms with E-state index in [9.17, 15) is 0 Å². The maximum atomic E-state index is 7.69. The lowest BCUT2D eigenvalue weighted by atomic mass is 9.83. The molecule has 0 aromatic carbocycles. The highest BCUT2D eigenvalue weighted by molar-refractivity contribution is 6.08. The minimum Gasteiger partial charge on any atom is -0.328 e. The van der Waals surface area contributed by atoms with Crippen LogP contribution in [0.5, 0.6) is 0 Å². The predicted octanol–water partition coefficient (Wildman–Crippen LogP) is -0.395. The molecule has 2 aliphatic rings. The molecule has 0 amide bonds. The number of fused-ring (bicyclic) bond motifs is 2. The minimum atomic E-state index is -1.84. The van der Waals surface area contributed by atoms with Crippen LogP contribution in [0.15, 0.2) is 0 Å². The summed E-state index contributed by atoms with van der Waals surface area (Å²) in [5, 5.41) is 0. The molecule has 2 rings (SSSR count). The zero-order valence-electron chi connectivity index (χ0n) is 11.8. The molecule has 0 radical (unpaired) electrons. The highest BCUT2D eigenvalue weighted by atomic mass is 15.3. The predicted molar refractivity (Wildman–Crippen MR) is 58.4 cm³/mol. The monoisotopic (exact) mass is 187 g/mol. The summed E-state index contributed by atoms with van der Waals surface area (Å²) in [6.45, 7) is 1.99. The van der Waals surface area contributed by atoms with Gasteiger partial charge in [0.15, 0.2) is 0 Å². The van der Waals surface area contributed by atoms with Crippen LogP contribution in [0.3, 0.4) is 0 Å². The van der Waals surface area contributed by atoms with E-state index >= 15 is 0 Å². The van der Waals surface area contributed by atoms with Crippen molar-refractivity contribution in [2.24, 2.45) is 11.8 Å². The molecule has 2 nitrogen and oxygen atoms in total. The average molecular weight is 187 g/mol. The molecular formula is C10H22BN2+. The van der Waals surface area contributed by atoms with E-state index in [1.165, 1.54) is 6.42 Å². The zero-order chi connectivity index (χ0) is 12.0. The third-order valence-corrected chi connectivity index (χ3v) is 3.47. The van der Waals surface area contributed by atoms with Crippen LogP contribution < -0.4 is 0 Å². The van der Waals surface area contributed by atoms with Crippen molar-refractivity contribution in [1.29, 1.82) is 0 Å². The normalized spacial score (nSPS) is 50.7. The lowest BCUT2D eigenvalue weighted by molar-refractivity contribution is -0.903. The summed E-state index contributed by atoms with van der Waals surface area (Å²) in [6.07, 6.45) is 2.34. The SMILES string of the molecule is [3H]C([3H])([3H])[N+]1(C)CC2CC(CN(CB)C2)C1. The first kappa shape index (κ1) is 6.47. The summed E-state index contributed by atoms with van der Waals surface area (Å²) < 4.78 is 23.3. The number of nitrogens with zero attached hydrogens (tertiary/aromatic N) is 2. The number of rotatable bonds is 1. The quantitative estimate of drug-likeness (QED) is 0.399. The number of quaternary nitrogens is 1.